The van der Waals surface area contributed by atoms with Gasteiger partial charge >= 0.3 is 0 Å². The number of thiazole rings is 1. The predicted molar refractivity (Wildman–Crippen MR) is 80.6 cm³/mol. The minimum Gasteiger partial charge on any atom is -0.325 e. The van der Waals surface area contributed by atoms with Crippen LogP contribution in [0.4, 0.5) is 0 Å². The summed E-state index contributed by atoms with van der Waals surface area (Å²) in [5.74, 6) is 2.47. The van der Waals surface area contributed by atoms with Crippen LogP contribution in [0.15, 0.2) is 0 Å². The summed E-state index contributed by atoms with van der Waals surface area (Å²) in [6.45, 7) is 2.50. The highest BCUT2D eigenvalue weighted by Gasteiger charge is 2.22. The quantitative estimate of drug-likeness (QED) is 0.944. The molecule has 0 unspecified atom stereocenters. The maximum Gasteiger partial charge on any atom is 0.170 e. The third kappa shape index (κ3) is 2.50. The molecule has 0 bridgehead atoms. The number of hydrogen-bond acceptors (Lipinski definition) is 5. The van der Waals surface area contributed by atoms with Crippen LogP contribution in [0, 0.1) is 6.92 Å². The van der Waals surface area contributed by atoms with Gasteiger partial charge in [0.1, 0.15) is 5.01 Å². The molecule has 0 atom stereocenters. The molecule has 0 amide bonds. The van der Waals surface area contributed by atoms with E-state index in [0.29, 0.717) is 12.5 Å². The molecule has 108 valence electrons. The summed E-state index contributed by atoms with van der Waals surface area (Å²) in [6, 6.07) is 0. The van der Waals surface area contributed by atoms with Crippen LogP contribution in [-0.4, -0.2) is 19.7 Å². The number of aromatic nitrogens is 4. The second kappa shape index (κ2) is 5.61. The fourth-order valence-electron chi connectivity index (χ4n) is 2.88. The first-order valence-corrected chi connectivity index (χ1v) is 8.08. The summed E-state index contributed by atoms with van der Waals surface area (Å²) in [5.41, 5.74) is 6.68. The first-order valence-electron chi connectivity index (χ1n) is 7.26. The van der Waals surface area contributed by atoms with Gasteiger partial charge in [0.05, 0.1) is 10.6 Å². The molecule has 0 saturated heterocycles. The van der Waals surface area contributed by atoms with E-state index in [1.165, 1.54) is 32.1 Å². The lowest BCUT2D eigenvalue weighted by Gasteiger charge is -2.18. The zero-order valence-corrected chi connectivity index (χ0v) is 12.9. The van der Waals surface area contributed by atoms with Crippen molar-refractivity contribution < 1.29 is 0 Å². The largest absolute Gasteiger partial charge is 0.325 e. The summed E-state index contributed by atoms with van der Waals surface area (Å²) in [7, 11) is 1.97. The molecule has 1 fully saturated rings. The number of aryl methyl sites for hydroxylation is 2. The summed E-state index contributed by atoms with van der Waals surface area (Å²) in [6.07, 6.45) is 6.40. The highest BCUT2D eigenvalue weighted by Crippen LogP contribution is 2.33. The smallest absolute Gasteiger partial charge is 0.170 e. The first kappa shape index (κ1) is 13.7. The lowest BCUT2D eigenvalue weighted by Crippen LogP contribution is -2.06. The molecule has 1 aliphatic carbocycles. The molecule has 6 heteroatoms. The molecular formula is C14H21N5S. The van der Waals surface area contributed by atoms with Gasteiger partial charge < -0.3 is 5.73 Å². The normalized spacial score (nSPS) is 16.8. The molecular weight excluding hydrogens is 270 g/mol. The van der Waals surface area contributed by atoms with Gasteiger partial charge in [0, 0.05) is 19.5 Å². The molecule has 0 spiro atoms. The standard InChI is InChI=1S/C14H21N5S/c1-9-12(20-11(8-15)16-9)14-17-13(18-19(14)2)10-6-4-3-5-7-10/h10H,3-8,15H2,1-2H3. The van der Waals surface area contributed by atoms with Crippen molar-refractivity contribution >= 4 is 11.3 Å². The number of hydrogen-bond donors (Lipinski definition) is 1. The van der Waals surface area contributed by atoms with Crippen LogP contribution in [0.25, 0.3) is 10.7 Å². The maximum atomic E-state index is 5.68. The van der Waals surface area contributed by atoms with E-state index in [0.717, 1.165) is 27.2 Å². The molecule has 2 aromatic rings. The maximum absolute atomic E-state index is 5.68. The topological polar surface area (TPSA) is 69.6 Å². The van der Waals surface area contributed by atoms with Gasteiger partial charge in [-0.15, -0.1) is 11.3 Å². The van der Waals surface area contributed by atoms with Gasteiger partial charge in [-0.3, -0.25) is 0 Å². The van der Waals surface area contributed by atoms with Crippen LogP contribution in [0.2, 0.25) is 0 Å². The minimum absolute atomic E-state index is 0.485. The molecule has 20 heavy (non-hydrogen) atoms. The molecule has 0 radical (unpaired) electrons. The van der Waals surface area contributed by atoms with E-state index < -0.39 is 0 Å². The molecule has 1 saturated carbocycles. The van der Waals surface area contributed by atoms with Crippen LogP contribution >= 0.6 is 11.3 Å². The Kier molecular flexibility index (Phi) is 3.85. The van der Waals surface area contributed by atoms with Gasteiger partial charge in [-0.1, -0.05) is 19.3 Å². The molecule has 2 aromatic heterocycles. The second-order valence-electron chi connectivity index (χ2n) is 5.48. The van der Waals surface area contributed by atoms with Crippen molar-refractivity contribution in [1.82, 2.24) is 19.7 Å². The Labute approximate surface area is 123 Å². The zero-order valence-electron chi connectivity index (χ0n) is 12.1. The van der Waals surface area contributed by atoms with Gasteiger partial charge in [0.2, 0.25) is 0 Å². The fraction of sp³-hybridized carbons (Fsp3) is 0.643. The van der Waals surface area contributed by atoms with E-state index in [4.69, 9.17) is 10.7 Å². The van der Waals surface area contributed by atoms with E-state index in [9.17, 15) is 0 Å². The SMILES string of the molecule is Cc1nc(CN)sc1-c1nc(C2CCCCC2)nn1C. The lowest BCUT2D eigenvalue weighted by molar-refractivity contribution is 0.427. The summed E-state index contributed by atoms with van der Waals surface area (Å²) in [4.78, 5) is 10.4. The van der Waals surface area contributed by atoms with Crippen LogP contribution in [-0.2, 0) is 13.6 Å². The highest BCUT2D eigenvalue weighted by molar-refractivity contribution is 7.15. The van der Waals surface area contributed by atoms with Gasteiger partial charge in [0.15, 0.2) is 11.6 Å². The molecule has 0 aliphatic heterocycles. The predicted octanol–water partition coefficient (Wildman–Crippen LogP) is 2.75. The lowest BCUT2D eigenvalue weighted by atomic mass is 9.89. The van der Waals surface area contributed by atoms with Crippen molar-refractivity contribution in [3.63, 3.8) is 0 Å². The number of rotatable bonds is 3. The van der Waals surface area contributed by atoms with Crippen molar-refractivity contribution in [1.29, 1.82) is 0 Å². The zero-order chi connectivity index (χ0) is 14.1. The molecule has 1 aliphatic rings. The van der Waals surface area contributed by atoms with Crippen molar-refractivity contribution in [3.05, 3.63) is 16.5 Å². The van der Waals surface area contributed by atoms with Gasteiger partial charge in [-0.05, 0) is 19.8 Å². The van der Waals surface area contributed by atoms with Crippen LogP contribution in [0.1, 0.15) is 54.5 Å². The molecule has 2 N–H and O–H groups in total. The number of nitrogens with zero attached hydrogens (tertiary/aromatic N) is 4. The summed E-state index contributed by atoms with van der Waals surface area (Å²) in [5, 5.41) is 5.60. The minimum atomic E-state index is 0.485. The Balaban J connectivity index is 1.93. The molecule has 0 aromatic carbocycles. The van der Waals surface area contributed by atoms with E-state index in [1.54, 1.807) is 11.3 Å². The van der Waals surface area contributed by atoms with Crippen LogP contribution in [0.3, 0.4) is 0 Å². The summed E-state index contributed by atoms with van der Waals surface area (Å²) < 4.78 is 1.89. The summed E-state index contributed by atoms with van der Waals surface area (Å²) >= 11 is 1.63. The average molecular weight is 291 g/mol. The van der Waals surface area contributed by atoms with E-state index >= 15 is 0 Å². The second-order valence-corrected chi connectivity index (χ2v) is 6.56. The van der Waals surface area contributed by atoms with Gasteiger partial charge in [-0.25, -0.2) is 14.6 Å². The van der Waals surface area contributed by atoms with E-state index in [2.05, 4.69) is 10.1 Å². The van der Waals surface area contributed by atoms with Gasteiger partial charge in [0.25, 0.3) is 0 Å². The Morgan fingerprint density at radius 1 is 1.25 bits per heavy atom. The highest BCUT2D eigenvalue weighted by atomic mass is 32.1. The Hall–Kier alpha value is -1.27. The Bertz CT molecular complexity index is 595. The van der Waals surface area contributed by atoms with Crippen molar-refractivity contribution in [2.45, 2.75) is 51.5 Å². The average Bonchev–Trinajstić information content (AvgIpc) is 3.02. The van der Waals surface area contributed by atoms with Gasteiger partial charge in [-0.2, -0.15) is 5.10 Å². The third-order valence-electron chi connectivity index (χ3n) is 3.97. The van der Waals surface area contributed by atoms with Crippen molar-refractivity contribution in [2.75, 3.05) is 0 Å². The Morgan fingerprint density at radius 2 is 2.00 bits per heavy atom. The van der Waals surface area contributed by atoms with E-state index in [-0.39, 0.29) is 0 Å². The molecule has 5 nitrogen and oxygen atoms in total. The first-order chi connectivity index (χ1) is 9.69. The van der Waals surface area contributed by atoms with Crippen molar-refractivity contribution in [2.24, 2.45) is 12.8 Å². The van der Waals surface area contributed by atoms with Crippen LogP contribution < -0.4 is 5.73 Å². The molecule has 3 rings (SSSR count). The monoisotopic (exact) mass is 291 g/mol. The Morgan fingerprint density at radius 3 is 2.65 bits per heavy atom. The van der Waals surface area contributed by atoms with E-state index in [1.807, 2.05) is 18.7 Å². The number of nitrogens with two attached hydrogens (primary N) is 1. The fourth-order valence-corrected chi connectivity index (χ4v) is 3.85. The van der Waals surface area contributed by atoms with Crippen molar-refractivity contribution in [3.8, 4) is 10.7 Å². The van der Waals surface area contributed by atoms with Crippen LogP contribution in [0.5, 0.6) is 0 Å². The molecule has 2 heterocycles. The third-order valence-corrected chi connectivity index (χ3v) is 5.14.